The number of fused-ring (bicyclic) bond motifs is 1. The number of aliphatic carboxylic acids is 1. The number of aromatic nitrogens is 3. The Morgan fingerprint density at radius 3 is 2.85 bits per heavy atom. The largest absolute Gasteiger partial charge is 0.481 e. The van der Waals surface area contributed by atoms with Crippen LogP contribution in [-0.2, 0) is 16.0 Å². The van der Waals surface area contributed by atoms with Crippen molar-refractivity contribution < 1.29 is 24.2 Å². The lowest BCUT2D eigenvalue weighted by atomic mass is 9.89. The van der Waals surface area contributed by atoms with E-state index < -0.39 is 11.9 Å². The van der Waals surface area contributed by atoms with Crippen molar-refractivity contribution in [2.24, 2.45) is 5.92 Å². The molecule has 0 aliphatic carbocycles. The first-order chi connectivity index (χ1) is 13.0. The van der Waals surface area contributed by atoms with Crippen LogP contribution in [0.15, 0.2) is 18.2 Å². The minimum atomic E-state index is -0.905. The van der Waals surface area contributed by atoms with Crippen molar-refractivity contribution in [3.05, 3.63) is 35.4 Å². The van der Waals surface area contributed by atoms with Crippen LogP contribution in [-0.4, -0.2) is 56.9 Å². The Morgan fingerprint density at radius 2 is 2.11 bits per heavy atom. The lowest BCUT2D eigenvalue weighted by molar-refractivity contribution is -0.141. The SMILES string of the molecule is Cc1nc(CCC(=O)N2C[C@@H](C(=O)O)[C@H](c3ccc4c(c3)OCO4)C2)n[nH]1. The van der Waals surface area contributed by atoms with Gasteiger partial charge >= 0.3 is 5.97 Å². The number of H-pyrrole nitrogens is 1. The number of nitrogens with one attached hydrogen (secondary N) is 1. The van der Waals surface area contributed by atoms with Crippen LogP contribution in [0.2, 0.25) is 0 Å². The van der Waals surface area contributed by atoms with Gasteiger partial charge in [-0.2, -0.15) is 5.10 Å². The highest BCUT2D eigenvalue weighted by atomic mass is 16.7. The Morgan fingerprint density at radius 1 is 1.30 bits per heavy atom. The zero-order valence-corrected chi connectivity index (χ0v) is 14.8. The summed E-state index contributed by atoms with van der Waals surface area (Å²) >= 11 is 0. The summed E-state index contributed by atoms with van der Waals surface area (Å²) in [5.41, 5.74) is 0.839. The van der Waals surface area contributed by atoms with E-state index in [0.29, 0.717) is 36.1 Å². The Bertz CT molecular complexity index is 880. The molecule has 1 amide bonds. The molecule has 27 heavy (non-hydrogen) atoms. The number of carbonyl (C=O) groups is 2. The predicted molar refractivity (Wildman–Crippen MR) is 92.5 cm³/mol. The van der Waals surface area contributed by atoms with Crippen LogP contribution in [0.25, 0.3) is 0 Å². The summed E-state index contributed by atoms with van der Waals surface area (Å²) in [5.74, 6) is 0.616. The molecular weight excluding hydrogens is 352 g/mol. The number of hydrogen-bond acceptors (Lipinski definition) is 6. The number of hydrogen-bond donors (Lipinski definition) is 2. The molecule has 9 nitrogen and oxygen atoms in total. The molecule has 2 aromatic rings. The van der Waals surface area contributed by atoms with Crippen LogP contribution in [0.1, 0.15) is 29.6 Å². The van der Waals surface area contributed by atoms with Crippen molar-refractivity contribution >= 4 is 11.9 Å². The maximum atomic E-state index is 12.6. The monoisotopic (exact) mass is 372 g/mol. The van der Waals surface area contributed by atoms with E-state index >= 15 is 0 Å². The third-order valence-electron chi connectivity index (χ3n) is 5.02. The van der Waals surface area contributed by atoms with E-state index in [4.69, 9.17) is 9.47 Å². The number of carboxylic acid groups (broad SMARTS) is 1. The van der Waals surface area contributed by atoms with Crippen molar-refractivity contribution in [3.63, 3.8) is 0 Å². The fourth-order valence-corrected chi connectivity index (χ4v) is 3.62. The lowest BCUT2D eigenvalue weighted by Crippen LogP contribution is -2.30. The van der Waals surface area contributed by atoms with Gasteiger partial charge in [0.15, 0.2) is 17.3 Å². The van der Waals surface area contributed by atoms with Gasteiger partial charge in [-0.3, -0.25) is 14.7 Å². The van der Waals surface area contributed by atoms with Gasteiger partial charge in [0.25, 0.3) is 0 Å². The van der Waals surface area contributed by atoms with Crippen molar-refractivity contribution in [1.29, 1.82) is 0 Å². The molecule has 2 atom stereocenters. The average Bonchev–Trinajstić information content (AvgIpc) is 3.37. The molecule has 142 valence electrons. The van der Waals surface area contributed by atoms with E-state index in [2.05, 4.69) is 15.2 Å². The molecule has 4 rings (SSSR count). The van der Waals surface area contributed by atoms with Crippen LogP contribution in [0, 0.1) is 12.8 Å². The average molecular weight is 372 g/mol. The Labute approximate surface area is 155 Å². The summed E-state index contributed by atoms with van der Waals surface area (Å²) in [6.07, 6.45) is 0.670. The number of likely N-dealkylation sites (tertiary alicyclic amines) is 1. The van der Waals surface area contributed by atoms with E-state index in [1.807, 2.05) is 12.1 Å². The summed E-state index contributed by atoms with van der Waals surface area (Å²) in [6.45, 7) is 2.52. The minimum Gasteiger partial charge on any atom is -0.481 e. The van der Waals surface area contributed by atoms with Crippen molar-refractivity contribution in [2.45, 2.75) is 25.7 Å². The normalized spacial score (nSPS) is 20.9. The summed E-state index contributed by atoms with van der Waals surface area (Å²) < 4.78 is 10.7. The van der Waals surface area contributed by atoms with Crippen molar-refractivity contribution in [3.8, 4) is 11.5 Å². The molecular formula is C18H20N4O5. The third-order valence-corrected chi connectivity index (χ3v) is 5.02. The Balaban J connectivity index is 1.46. The van der Waals surface area contributed by atoms with Gasteiger partial charge in [0, 0.05) is 31.8 Å². The predicted octanol–water partition coefficient (Wildman–Crippen LogP) is 1.10. The maximum Gasteiger partial charge on any atom is 0.308 e. The van der Waals surface area contributed by atoms with Gasteiger partial charge in [-0.15, -0.1) is 0 Å². The van der Waals surface area contributed by atoms with Gasteiger partial charge in [0.1, 0.15) is 5.82 Å². The molecule has 0 saturated carbocycles. The minimum absolute atomic E-state index is 0.0908. The number of rotatable bonds is 5. The number of amides is 1. The number of carbonyl (C=O) groups excluding carboxylic acids is 1. The van der Waals surface area contributed by atoms with E-state index in [-0.39, 0.29) is 31.6 Å². The first-order valence-electron chi connectivity index (χ1n) is 8.79. The molecule has 2 N–H and O–H groups in total. The highest BCUT2D eigenvalue weighted by Gasteiger charge is 2.40. The van der Waals surface area contributed by atoms with E-state index in [1.165, 1.54) is 0 Å². The van der Waals surface area contributed by atoms with Crippen LogP contribution >= 0.6 is 0 Å². The number of carboxylic acids is 1. The molecule has 2 aliphatic heterocycles. The highest BCUT2D eigenvalue weighted by molar-refractivity contribution is 5.80. The molecule has 1 saturated heterocycles. The van der Waals surface area contributed by atoms with Gasteiger partial charge < -0.3 is 19.5 Å². The fraction of sp³-hybridized carbons (Fsp3) is 0.444. The van der Waals surface area contributed by atoms with E-state index in [1.54, 1.807) is 17.9 Å². The number of benzene rings is 1. The van der Waals surface area contributed by atoms with E-state index in [0.717, 1.165) is 5.56 Å². The van der Waals surface area contributed by atoms with Gasteiger partial charge in [0.2, 0.25) is 12.7 Å². The van der Waals surface area contributed by atoms with Gasteiger partial charge in [-0.25, -0.2) is 4.98 Å². The number of aromatic amines is 1. The first-order valence-corrected chi connectivity index (χ1v) is 8.79. The summed E-state index contributed by atoms with van der Waals surface area (Å²) in [5, 5.41) is 16.4. The lowest BCUT2D eigenvalue weighted by Gasteiger charge is -2.16. The van der Waals surface area contributed by atoms with Crippen LogP contribution in [0.4, 0.5) is 0 Å². The first kappa shape index (κ1) is 17.3. The number of aryl methyl sites for hydroxylation is 2. The molecule has 0 bridgehead atoms. The molecule has 1 fully saturated rings. The molecule has 2 aliphatic rings. The van der Waals surface area contributed by atoms with Crippen LogP contribution in [0.5, 0.6) is 11.5 Å². The quantitative estimate of drug-likeness (QED) is 0.807. The zero-order chi connectivity index (χ0) is 19.0. The smallest absolute Gasteiger partial charge is 0.308 e. The Kier molecular flexibility index (Phi) is 4.43. The topological polar surface area (TPSA) is 118 Å². The molecule has 0 unspecified atom stereocenters. The summed E-state index contributed by atoms with van der Waals surface area (Å²) in [4.78, 5) is 30.1. The van der Waals surface area contributed by atoms with Gasteiger partial charge in [0.05, 0.1) is 5.92 Å². The van der Waals surface area contributed by atoms with Gasteiger partial charge in [-0.1, -0.05) is 6.07 Å². The van der Waals surface area contributed by atoms with Gasteiger partial charge in [-0.05, 0) is 24.6 Å². The number of ether oxygens (including phenoxy) is 2. The van der Waals surface area contributed by atoms with Crippen molar-refractivity contribution in [2.75, 3.05) is 19.9 Å². The van der Waals surface area contributed by atoms with E-state index in [9.17, 15) is 14.7 Å². The highest BCUT2D eigenvalue weighted by Crippen LogP contribution is 2.39. The molecule has 0 radical (unpaired) electrons. The third kappa shape index (κ3) is 3.44. The standard InChI is InChI=1S/C18H20N4O5/c1-10-19-16(21-20-10)4-5-17(23)22-7-12(13(8-22)18(24)25)11-2-3-14-15(6-11)27-9-26-14/h2-3,6,12-13H,4-5,7-9H2,1H3,(H,24,25)(H,19,20,21)/t12-,13+/m0/s1. The van der Waals surface area contributed by atoms with Crippen LogP contribution < -0.4 is 9.47 Å². The second-order valence-corrected chi connectivity index (χ2v) is 6.80. The molecule has 3 heterocycles. The molecule has 9 heteroatoms. The summed E-state index contributed by atoms with van der Waals surface area (Å²) in [6, 6.07) is 5.44. The summed E-state index contributed by atoms with van der Waals surface area (Å²) in [7, 11) is 0. The Hall–Kier alpha value is -3.10. The second kappa shape index (κ2) is 6.90. The van der Waals surface area contributed by atoms with Crippen molar-refractivity contribution in [1.82, 2.24) is 20.1 Å². The zero-order valence-electron chi connectivity index (χ0n) is 14.8. The molecule has 1 aromatic heterocycles. The molecule has 0 spiro atoms. The number of nitrogens with zero attached hydrogens (tertiary/aromatic N) is 3. The fourth-order valence-electron chi connectivity index (χ4n) is 3.62. The van der Waals surface area contributed by atoms with Crippen LogP contribution in [0.3, 0.4) is 0 Å². The molecule has 1 aromatic carbocycles. The maximum absolute atomic E-state index is 12.6. The second-order valence-electron chi connectivity index (χ2n) is 6.80.